The fraction of sp³-hybridized carbons (Fsp3) is 0.0476. The summed E-state index contributed by atoms with van der Waals surface area (Å²) in [6.07, 6.45) is 0.0983. The van der Waals surface area contributed by atoms with Crippen molar-refractivity contribution in [3.63, 3.8) is 0 Å². The van der Waals surface area contributed by atoms with Gasteiger partial charge in [-0.15, -0.1) is 0 Å². The molecule has 4 nitrogen and oxygen atoms in total. The van der Waals surface area contributed by atoms with Gasteiger partial charge < -0.3 is 9.47 Å². The fourth-order valence-electron chi connectivity index (χ4n) is 2.28. The molecular weight excluding hydrogens is 335 g/mol. The molecule has 3 aromatic carbocycles. The van der Waals surface area contributed by atoms with Crippen LogP contribution in [0.1, 0.15) is 15.9 Å². The third kappa shape index (κ3) is 4.54. The molecule has 3 rings (SSSR count). The zero-order valence-electron chi connectivity index (χ0n) is 13.7. The topological polar surface area (TPSA) is 52.6 Å². The van der Waals surface area contributed by atoms with Gasteiger partial charge in [0.15, 0.2) is 11.5 Å². The second-order valence-electron chi connectivity index (χ2n) is 5.48. The first-order valence-electron chi connectivity index (χ1n) is 7.93. The first kappa shape index (κ1) is 17.4. The Bertz CT molecular complexity index is 905. The zero-order valence-corrected chi connectivity index (χ0v) is 13.7. The van der Waals surface area contributed by atoms with Crippen molar-refractivity contribution in [3.05, 3.63) is 95.8 Å². The molecule has 0 saturated heterocycles. The van der Waals surface area contributed by atoms with E-state index >= 15 is 0 Å². The van der Waals surface area contributed by atoms with Crippen molar-refractivity contribution in [2.75, 3.05) is 0 Å². The van der Waals surface area contributed by atoms with Crippen LogP contribution in [-0.2, 0) is 11.2 Å². The summed E-state index contributed by atoms with van der Waals surface area (Å²) in [7, 11) is 0. The third-order valence-corrected chi connectivity index (χ3v) is 3.55. The maximum Gasteiger partial charge on any atom is 0.343 e. The minimum absolute atomic E-state index is 0.0983. The number of halogens is 1. The molecule has 0 saturated carbocycles. The monoisotopic (exact) mass is 350 g/mol. The molecule has 0 N–H and O–H groups in total. The summed E-state index contributed by atoms with van der Waals surface area (Å²) in [5.41, 5.74) is 1.01. The van der Waals surface area contributed by atoms with Gasteiger partial charge in [0, 0.05) is 0 Å². The number of carbonyl (C=O) groups excluding carboxylic acids is 2. The molecule has 0 aliphatic rings. The van der Waals surface area contributed by atoms with Crippen LogP contribution < -0.4 is 9.47 Å². The van der Waals surface area contributed by atoms with Gasteiger partial charge in [0.05, 0.1) is 12.0 Å². The number of benzene rings is 3. The normalized spacial score (nSPS) is 10.2. The van der Waals surface area contributed by atoms with E-state index in [1.807, 2.05) is 30.3 Å². The van der Waals surface area contributed by atoms with Crippen LogP contribution >= 0.6 is 0 Å². The van der Waals surface area contributed by atoms with Crippen molar-refractivity contribution < 1.29 is 23.5 Å². The Kier molecular flexibility index (Phi) is 5.39. The lowest BCUT2D eigenvalue weighted by Crippen LogP contribution is -2.14. The van der Waals surface area contributed by atoms with Crippen molar-refractivity contribution in [1.29, 1.82) is 0 Å². The number of hydrogen-bond donors (Lipinski definition) is 0. The lowest BCUT2D eigenvalue weighted by Gasteiger charge is -2.10. The van der Waals surface area contributed by atoms with Crippen LogP contribution in [0.15, 0.2) is 78.9 Å². The molecular formula is C21H15FO4. The summed E-state index contributed by atoms with van der Waals surface area (Å²) in [5.74, 6) is -1.33. The molecule has 0 fully saturated rings. The van der Waals surface area contributed by atoms with Crippen LogP contribution in [0.25, 0.3) is 0 Å². The molecule has 0 heterocycles. The molecule has 5 heteroatoms. The molecule has 0 aliphatic carbocycles. The smallest absolute Gasteiger partial charge is 0.343 e. The average molecular weight is 350 g/mol. The number of carbonyl (C=O) groups is 2. The number of rotatable bonds is 5. The molecule has 0 unspecified atom stereocenters. The van der Waals surface area contributed by atoms with Crippen LogP contribution in [-0.4, -0.2) is 11.9 Å². The van der Waals surface area contributed by atoms with Crippen LogP contribution in [0.4, 0.5) is 4.39 Å². The van der Waals surface area contributed by atoms with Gasteiger partial charge in [0.2, 0.25) is 0 Å². The van der Waals surface area contributed by atoms with Gasteiger partial charge in [-0.05, 0) is 42.0 Å². The summed E-state index contributed by atoms with van der Waals surface area (Å²) < 4.78 is 23.6. The average Bonchev–Trinajstić information content (AvgIpc) is 2.64. The second kappa shape index (κ2) is 8.07. The van der Waals surface area contributed by atoms with Gasteiger partial charge in [0.25, 0.3) is 0 Å². The molecule has 130 valence electrons. The van der Waals surface area contributed by atoms with Crippen LogP contribution in [0.3, 0.4) is 0 Å². The van der Waals surface area contributed by atoms with Crippen molar-refractivity contribution >= 4 is 11.9 Å². The van der Waals surface area contributed by atoms with Crippen molar-refractivity contribution in [2.45, 2.75) is 6.42 Å². The summed E-state index contributed by atoms with van der Waals surface area (Å²) in [5, 5.41) is 0. The molecule has 0 aromatic heterocycles. The Labute approximate surface area is 149 Å². The largest absolute Gasteiger partial charge is 0.422 e. The Balaban J connectivity index is 1.70. The summed E-state index contributed by atoms with van der Waals surface area (Å²) >= 11 is 0. The summed E-state index contributed by atoms with van der Waals surface area (Å²) in [6.45, 7) is 0. The molecule has 0 aliphatic heterocycles. The van der Waals surface area contributed by atoms with Crippen LogP contribution in [0, 0.1) is 5.82 Å². The maximum atomic E-state index is 13.0. The van der Waals surface area contributed by atoms with Gasteiger partial charge in [-0.3, -0.25) is 4.79 Å². The number of para-hydroxylation sites is 2. The van der Waals surface area contributed by atoms with E-state index in [9.17, 15) is 14.0 Å². The Morgan fingerprint density at radius 3 is 1.96 bits per heavy atom. The predicted molar refractivity (Wildman–Crippen MR) is 93.6 cm³/mol. The van der Waals surface area contributed by atoms with Gasteiger partial charge in [-0.1, -0.05) is 42.5 Å². The lowest BCUT2D eigenvalue weighted by atomic mass is 10.1. The number of hydrogen-bond acceptors (Lipinski definition) is 4. The molecule has 3 aromatic rings. The third-order valence-electron chi connectivity index (χ3n) is 3.55. The highest BCUT2D eigenvalue weighted by Crippen LogP contribution is 2.27. The van der Waals surface area contributed by atoms with Crippen molar-refractivity contribution in [1.82, 2.24) is 0 Å². The van der Waals surface area contributed by atoms with E-state index in [2.05, 4.69) is 0 Å². The van der Waals surface area contributed by atoms with Gasteiger partial charge >= 0.3 is 11.9 Å². The minimum atomic E-state index is -0.670. The fourth-order valence-corrected chi connectivity index (χ4v) is 2.28. The van der Waals surface area contributed by atoms with Crippen molar-refractivity contribution in [3.8, 4) is 11.5 Å². The second-order valence-corrected chi connectivity index (χ2v) is 5.48. The van der Waals surface area contributed by atoms with E-state index in [-0.39, 0.29) is 23.5 Å². The number of ether oxygens (including phenoxy) is 2. The van der Waals surface area contributed by atoms with Crippen molar-refractivity contribution in [2.24, 2.45) is 0 Å². The molecule has 26 heavy (non-hydrogen) atoms. The van der Waals surface area contributed by atoms with Gasteiger partial charge in [-0.25, -0.2) is 9.18 Å². The standard InChI is InChI=1S/C21H15FO4/c22-17-12-10-16(11-13-17)21(24)26-19-9-5-4-8-18(19)25-20(23)14-15-6-2-1-3-7-15/h1-13H,14H2. The lowest BCUT2D eigenvalue weighted by molar-refractivity contribution is -0.133. The first-order chi connectivity index (χ1) is 12.6. The molecule has 0 atom stereocenters. The van der Waals surface area contributed by atoms with E-state index in [0.29, 0.717) is 0 Å². The summed E-state index contributed by atoms with van der Waals surface area (Å²) in [6, 6.07) is 20.5. The highest BCUT2D eigenvalue weighted by atomic mass is 19.1. The molecule has 0 spiro atoms. The van der Waals surface area contributed by atoms with E-state index in [4.69, 9.17) is 9.47 Å². The molecule has 0 amide bonds. The van der Waals surface area contributed by atoms with Gasteiger partial charge in [0.1, 0.15) is 5.82 Å². The summed E-state index contributed by atoms with van der Waals surface area (Å²) in [4.78, 5) is 24.3. The van der Waals surface area contributed by atoms with E-state index in [1.54, 1.807) is 12.1 Å². The first-order valence-corrected chi connectivity index (χ1v) is 7.93. The Morgan fingerprint density at radius 1 is 0.731 bits per heavy atom. The highest BCUT2D eigenvalue weighted by molar-refractivity contribution is 5.91. The minimum Gasteiger partial charge on any atom is -0.422 e. The highest BCUT2D eigenvalue weighted by Gasteiger charge is 2.15. The zero-order chi connectivity index (χ0) is 18.4. The maximum absolute atomic E-state index is 13.0. The molecule has 0 radical (unpaired) electrons. The Hall–Kier alpha value is -3.47. The SMILES string of the molecule is O=C(Cc1ccccc1)Oc1ccccc1OC(=O)c1ccc(F)cc1. The quantitative estimate of drug-likeness (QED) is 0.511. The van der Waals surface area contributed by atoms with Gasteiger partial charge in [-0.2, -0.15) is 0 Å². The predicted octanol–water partition coefficient (Wildman–Crippen LogP) is 4.19. The van der Waals surface area contributed by atoms with Crippen LogP contribution in [0.5, 0.6) is 11.5 Å². The Morgan fingerprint density at radius 2 is 1.31 bits per heavy atom. The van der Waals surface area contributed by atoms with Crippen LogP contribution in [0.2, 0.25) is 0 Å². The van der Waals surface area contributed by atoms with E-state index in [1.165, 1.54) is 36.4 Å². The van der Waals surface area contributed by atoms with E-state index in [0.717, 1.165) is 5.56 Å². The number of esters is 2. The molecule has 0 bridgehead atoms. The van der Waals surface area contributed by atoms with E-state index < -0.39 is 17.8 Å².